The molecule has 0 fully saturated rings. The topological polar surface area (TPSA) is 21.3 Å². The summed E-state index contributed by atoms with van der Waals surface area (Å²) in [7, 11) is 1.93. The molecule has 0 aliphatic rings. The third kappa shape index (κ3) is 4.01. The van der Waals surface area contributed by atoms with Crippen molar-refractivity contribution in [1.29, 1.82) is 0 Å². The zero-order chi connectivity index (χ0) is 15.4. The van der Waals surface area contributed by atoms with Crippen molar-refractivity contribution in [3.05, 3.63) is 61.5 Å². The SMILES string of the molecule is CCOc1ccc(C(NC)c2ccc(Br)c(Cl)c2)c(Br)c1. The summed E-state index contributed by atoms with van der Waals surface area (Å²) in [6.45, 7) is 2.63. The zero-order valence-electron chi connectivity index (χ0n) is 11.8. The lowest BCUT2D eigenvalue weighted by molar-refractivity contribution is 0.340. The molecular weight excluding hydrogens is 417 g/mol. The highest BCUT2D eigenvalue weighted by Crippen LogP contribution is 2.33. The Morgan fingerprint density at radius 1 is 1.14 bits per heavy atom. The maximum absolute atomic E-state index is 6.20. The molecule has 0 spiro atoms. The van der Waals surface area contributed by atoms with E-state index in [4.69, 9.17) is 16.3 Å². The van der Waals surface area contributed by atoms with Gasteiger partial charge in [-0.1, -0.05) is 39.7 Å². The van der Waals surface area contributed by atoms with Crippen molar-refractivity contribution in [1.82, 2.24) is 5.32 Å². The van der Waals surface area contributed by atoms with E-state index in [2.05, 4.69) is 49.3 Å². The Bertz CT molecular complexity index is 634. The van der Waals surface area contributed by atoms with Crippen LogP contribution >= 0.6 is 43.5 Å². The van der Waals surface area contributed by atoms with Crippen LogP contribution in [0.5, 0.6) is 5.75 Å². The van der Waals surface area contributed by atoms with Crippen molar-refractivity contribution in [2.24, 2.45) is 0 Å². The van der Waals surface area contributed by atoms with Gasteiger partial charge in [-0.15, -0.1) is 0 Å². The van der Waals surface area contributed by atoms with Crippen LogP contribution in [0.2, 0.25) is 5.02 Å². The van der Waals surface area contributed by atoms with Crippen molar-refractivity contribution < 1.29 is 4.74 Å². The Morgan fingerprint density at radius 3 is 2.48 bits per heavy atom. The molecule has 1 unspecified atom stereocenters. The minimum Gasteiger partial charge on any atom is -0.494 e. The van der Waals surface area contributed by atoms with E-state index >= 15 is 0 Å². The summed E-state index contributed by atoms with van der Waals surface area (Å²) in [4.78, 5) is 0. The van der Waals surface area contributed by atoms with Gasteiger partial charge >= 0.3 is 0 Å². The molecule has 1 N–H and O–H groups in total. The fourth-order valence-corrected chi connectivity index (χ4v) is 3.21. The Hall–Kier alpha value is -0.550. The molecule has 0 saturated carbocycles. The quantitative estimate of drug-likeness (QED) is 0.665. The summed E-state index contributed by atoms with van der Waals surface area (Å²) in [5.41, 5.74) is 2.25. The van der Waals surface area contributed by atoms with Gasteiger partial charge in [0.05, 0.1) is 17.7 Å². The maximum atomic E-state index is 6.20. The molecule has 2 aromatic rings. The van der Waals surface area contributed by atoms with Crippen molar-refractivity contribution in [2.75, 3.05) is 13.7 Å². The summed E-state index contributed by atoms with van der Waals surface area (Å²) < 4.78 is 7.42. The summed E-state index contributed by atoms with van der Waals surface area (Å²) in [6, 6.07) is 12.1. The van der Waals surface area contributed by atoms with E-state index < -0.39 is 0 Å². The van der Waals surface area contributed by atoms with Crippen molar-refractivity contribution in [2.45, 2.75) is 13.0 Å². The second-order valence-corrected chi connectivity index (χ2v) is 6.63. The van der Waals surface area contributed by atoms with E-state index in [9.17, 15) is 0 Å². The number of benzene rings is 2. The minimum atomic E-state index is 0.0562. The van der Waals surface area contributed by atoms with Crippen LogP contribution in [0.3, 0.4) is 0 Å². The standard InChI is InChI=1S/C16H16Br2ClNO/c1-3-21-11-5-6-12(14(18)9-11)16(20-2)10-4-7-13(17)15(19)8-10/h4-9,16,20H,3H2,1-2H3. The molecule has 5 heteroatoms. The average molecular weight is 434 g/mol. The molecule has 0 amide bonds. The van der Waals surface area contributed by atoms with Crippen LogP contribution in [0.15, 0.2) is 45.3 Å². The van der Waals surface area contributed by atoms with Gasteiger partial charge in [-0.05, 0) is 65.3 Å². The Morgan fingerprint density at radius 2 is 1.90 bits per heavy atom. The van der Waals surface area contributed by atoms with Gasteiger partial charge in [0.1, 0.15) is 5.75 Å². The summed E-state index contributed by atoms with van der Waals surface area (Å²) in [5.74, 6) is 0.858. The van der Waals surface area contributed by atoms with E-state index in [1.54, 1.807) is 0 Å². The number of ether oxygens (including phenoxy) is 1. The van der Waals surface area contributed by atoms with E-state index in [0.717, 1.165) is 25.8 Å². The second-order valence-electron chi connectivity index (χ2n) is 4.51. The largest absolute Gasteiger partial charge is 0.494 e. The van der Waals surface area contributed by atoms with Crippen molar-refractivity contribution in [3.63, 3.8) is 0 Å². The first-order chi connectivity index (χ1) is 10.1. The van der Waals surface area contributed by atoms with Gasteiger partial charge in [0.25, 0.3) is 0 Å². The highest BCUT2D eigenvalue weighted by atomic mass is 79.9. The molecule has 0 heterocycles. The molecule has 0 bridgehead atoms. The Balaban J connectivity index is 2.38. The summed E-state index contributed by atoms with van der Waals surface area (Å²) in [6.07, 6.45) is 0. The lowest BCUT2D eigenvalue weighted by Crippen LogP contribution is -2.18. The number of rotatable bonds is 5. The van der Waals surface area contributed by atoms with Gasteiger partial charge in [0, 0.05) is 8.95 Å². The van der Waals surface area contributed by atoms with Crippen LogP contribution in [0, 0.1) is 0 Å². The molecule has 0 aliphatic carbocycles. The third-order valence-electron chi connectivity index (χ3n) is 3.16. The van der Waals surface area contributed by atoms with Crippen LogP contribution in [0.4, 0.5) is 0 Å². The molecule has 0 saturated heterocycles. The maximum Gasteiger partial charge on any atom is 0.120 e. The Labute approximate surface area is 147 Å². The fraction of sp³-hybridized carbons (Fsp3) is 0.250. The lowest BCUT2D eigenvalue weighted by Gasteiger charge is -2.20. The van der Waals surface area contributed by atoms with Gasteiger partial charge in [0.15, 0.2) is 0 Å². The summed E-state index contributed by atoms with van der Waals surface area (Å²) in [5, 5.41) is 4.03. The fourth-order valence-electron chi connectivity index (χ4n) is 2.19. The normalized spacial score (nSPS) is 12.2. The zero-order valence-corrected chi connectivity index (χ0v) is 15.7. The van der Waals surface area contributed by atoms with Crippen molar-refractivity contribution in [3.8, 4) is 5.75 Å². The van der Waals surface area contributed by atoms with Gasteiger partial charge in [-0.2, -0.15) is 0 Å². The monoisotopic (exact) mass is 431 g/mol. The van der Waals surface area contributed by atoms with Gasteiger partial charge in [-0.25, -0.2) is 0 Å². The first-order valence-corrected chi connectivity index (χ1v) is 8.57. The number of hydrogen-bond donors (Lipinski definition) is 1. The minimum absolute atomic E-state index is 0.0562. The van der Waals surface area contributed by atoms with Gasteiger partial charge in [0.2, 0.25) is 0 Å². The average Bonchev–Trinajstić information content (AvgIpc) is 2.46. The number of halogens is 3. The highest BCUT2D eigenvalue weighted by molar-refractivity contribution is 9.10. The number of hydrogen-bond acceptors (Lipinski definition) is 2. The van der Waals surface area contributed by atoms with E-state index in [-0.39, 0.29) is 6.04 Å². The second kappa shape index (κ2) is 7.63. The van der Waals surface area contributed by atoms with E-state index in [0.29, 0.717) is 11.6 Å². The highest BCUT2D eigenvalue weighted by Gasteiger charge is 2.16. The van der Waals surface area contributed by atoms with Crippen molar-refractivity contribution >= 4 is 43.5 Å². The third-order valence-corrected chi connectivity index (χ3v) is 5.08. The smallest absolute Gasteiger partial charge is 0.120 e. The molecule has 2 aromatic carbocycles. The van der Waals surface area contributed by atoms with Crippen LogP contribution in [0.1, 0.15) is 24.1 Å². The molecule has 0 aliphatic heterocycles. The molecule has 0 aromatic heterocycles. The number of nitrogens with one attached hydrogen (secondary N) is 1. The van der Waals surface area contributed by atoms with Crippen LogP contribution in [-0.2, 0) is 0 Å². The first kappa shape index (κ1) is 16.8. The molecule has 1 atom stereocenters. The van der Waals surface area contributed by atoms with Gasteiger partial charge < -0.3 is 10.1 Å². The predicted molar refractivity (Wildman–Crippen MR) is 95.4 cm³/mol. The van der Waals surface area contributed by atoms with Crippen LogP contribution in [-0.4, -0.2) is 13.7 Å². The molecular formula is C16H16Br2ClNO. The first-order valence-electron chi connectivity index (χ1n) is 6.61. The summed E-state index contributed by atoms with van der Waals surface area (Å²) >= 11 is 13.2. The molecule has 21 heavy (non-hydrogen) atoms. The van der Waals surface area contributed by atoms with E-state index in [1.165, 1.54) is 0 Å². The predicted octanol–water partition coefficient (Wildman–Crippen LogP) is 5.57. The molecule has 2 rings (SSSR count). The van der Waals surface area contributed by atoms with Crippen LogP contribution < -0.4 is 10.1 Å². The molecule has 0 radical (unpaired) electrons. The van der Waals surface area contributed by atoms with Gasteiger partial charge in [-0.3, -0.25) is 0 Å². The van der Waals surface area contributed by atoms with E-state index in [1.807, 2.05) is 38.2 Å². The van der Waals surface area contributed by atoms with Crippen LogP contribution in [0.25, 0.3) is 0 Å². The Kier molecular flexibility index (Phi) is 6.11. The molecule has 2 nitrogen and oxygen atoms in total. The molecule has 112 valence electrons. The lowest BCUT2D eigenvalue weighted by atomic mass is 9.99.